The largest absolute Gasteiger partial charge is 0.497 e. The van der Waals surface area contributed by atoms with Gasteiger partial charge >= 0.3 is 6.03 Å². The number of halogens is 1. The first-order valence-corrected chi connectivity index (χ1v) is 15.1. The Morgan fingerprint density at radius 2 is 1.71 bits per heavy atom. The van der Waals surface area contributed by atoms with Crippen LogP contribution in [-0.2, 0) is 9.53 Å². The van der Waals surface area contributed by atoms with Gasteiger partial charge in [0, 0.05) is 48.7 Å². The number of nitrogens with one attached hydrogen (secondary N) is 1. The molecule has 1 fully saturated rings. The number of urea groups is 1. The molecule has 3 aromatic carbocycles. The second-order valence-electron chi connectivity index (χ2n) is 10.6. The summed E-state index contributed by atoms with van der Waals surface area (Å²) in [5.74, 6) is 1.37. The van der Waals surface area contributed by atoms with E-state index in [-0.39, 0.29) is 12.5 Å². The van der Waals surface area contributed by atoms with Crippen LogP contribution in [0.3, 0.4) is 0 Å². The van der Waals surface area contributed by atoms with Crippen LogP contribution in [0.2, 0.25) is 5.02 Å². The van der Waals surface area contributed by atoms with Crippen molar-refractivity contribution in [1.29, 1.82) is 0 Å². The first-order chi connectivity index (χ1) is 21.9. The molecule has 1 atom stereocenters. The summed E-state index contributed by atoms with van der Waals surface area (Å²) in [5.41, 5.74) is 2.63. The summed E-state index contributed by atoms with van der Waals surface area (Å²) in [7, 11) is 4.71. The number of hydrogen-bond acceptors (Lipinski definition) is 8. The summed E-state index contributed by atoms with van der Waals surface area (Å²) >= 11 is 6.56. The molecule has 0 saturated carbocycles. The van der Waals surface area contributed by atoms with Gasteiger partial charge < -0.3 is 29.2 Å². The van der Waals surface area contributed by atoms with Gasteiger partial charge in [-0.05, 0) is 36.4 Å². The number of ether oxygens (including phenoxy) is 4. The van der Waals surface area contributed by atoms with E-state index >= 15 is 0 Å². The van der Waals surface area contributed by atoms with Gasteiger partial charge in [0.05, 0.1) is 52.0 Å². The summed E-state index contributed by atoms with van der Waals surface area (Å²) in [4.78, 5) is 31.7. The number of amides is 3. The Balaban J connectivity index is 1.45. The van der Waals surface area contributed by atoms with Crippen molar-refractivity contribution in [2.75, 3.05) is 72.6 Å². The number of hydrazone groups is 1. The Morgan fingerprint density at radius 1 is 0.978 bits per heavy atom. The Bertz CT molecular complexity index is 1530. The van der Waals surface area contributed by atoms with Crippen molar-refractivity contribution in [3.05, 3.63) is 82.9 Å². The molecule has 3 aromatic rings. The zero-order valence-electron chi connectivity index (χ0n) is 25.7. The lowest BCUT2D eigenvalue weighted by atomic mass is 9.97. The highest BCUT2D eigenvalue weighted by molar-refractivity contribution is 6.34. The van der Waals surface area contributed by atoms with Crippen LogP contribution in [-0.4, -0.2) is 99.7 Å². The lowest BCUT2D eigenvalue weighted by Crippen LogP contribution is -2.47. The van der Waals surface area contributed by atoms with Crippen LogP contribution >= 0.6 is 11.6 Å². The number of nitrogens with zero attached hydrogens (tertiary/aromatic N) is 4. The van der Waals surface area contributed by atoms with Gasteiger partial charge in [0.2, 0.25) is 0 Å². The highest BCUT2D eigenvalue weighted by Crippen LogP contribution is 2.40. The Kier molecular flexibility index (Phi) is 10.8. The Labute approximate surface area is 268 Å². The molecule has 0 spiro atoms. The fourth-order valence-corrected chi connectivity index (χ4v) is 5.70. The minimum absolute atomic E-state index is 0.215. The van der Waals surface area contributed by atoms with Crippen LogP contribution in [0.1, 0.15) is 23.6 Å². The van der Waals surface area contributed by atoms with E-state index in [9.17, 15) is 9.59 Å². The molecule has 0 radical (unpaired) electrons. The van der Waals surface area contributed by atoms with Crippen LogP contribution in [0, 0.1) is 0 Å². The van der Waals surface area contributed by atoms with Gasteiger partial charge in [-0.2, -0.15) is 5.10 Å². The van der Waals surface area contributed by atoms with Gasteiger partial charge in [0.1, 0.15) is 23.8 Å². The van der Waals surface area contributed by atoms with E-state index in [1.807, 2.05) is 36.4 Å². The number of anilines is 1. The maximum Gasteiger partial charge on any atom is 0.322 e. The fraction of sp³-hybridized carbons (Fsp3) is 0.364. The van der Waals surface area contributed by atoms with Crippen LogP contribution in [0.15, 0.2) is 71.8 Å². The first kappa shape index (κ1) is 32.1. The quantitative estimate of drug-likeness (QED) is 0.319. The molecular formula is C33H38ClN5O6. The van der Waals surface area contributed by atoms with Crippen molar-refractivity contribution in [3.8, 4) is 17.2 Å². The van der Waals surface area contributed by atoms with E-state index in [1.165, 1.54) is 9.91 Å². The van der Waals surface area contributed by atoms with E-state index in [0.29, 0.717) is 66.4 Å². The summed E-state index contributed by atoms with van der Waals surface area (Å²) in [6, 6.07) is 19.1. The topological polar surface area (TPSA) is 105 Å². The van der Waals surface area contributed by atoms with Crippen LogP contribution in [0.5, 0.6) is 17.2 Å². The molecule has 5 rings (SSSR count). The van der Waals surface area contributed by atoms with Gasteiger partial charge in [-0.25, -0.2) is 9.80 Å². The van der Waals surface area contributed by atoms with Crippen molar-refractivity contribution in [3.63, 3.8) is 0 Å². The third kappa shape index (κ3) is 7.67. The standard InChI is InChI=1S/C33H38ClN5O6/c1-42-23-12-13-30(43-2)25(20-23)29-21-28(24-8-4-5-9-26(24)34)36-39(29)32(40)22-38(15-14-37-16-18-45-19-17-37)33(41)35-27-10-6-7-11-31(27)44-3/h4-13,20,29H,14-19,21-22H2,1-3H3,(H,35,41)/t29-/m1/s1. The number of hydrogen-bond donors (Lipinski definition) is 1. The van der Waals surface area contributed by atoms with Crippen molar-refractivity contribution >= 4 is 34.9 Å². The molecule has 2 aliphatic rings. The molecule has 1 saturated heterocycles. The number of benzene rings is 3. The molecule has 0 unspecified atom stereocenters. The molecular weight excluding hydrogens is 598 g/mol. The predicted octanol–water partition coefficient (Wildman–Crippen LogP) is 4.91. The lowest BCUT2D eigenvalue weighted by Gasteiger charge is -2.31. The molecule has 0 aliphatic carbocycles. The number of methoxy groups -OCH3 is 3. The van der Waals surface area contributed by atoms with Crippen LogP contribution in [0.4, 0.5) is 10.5 Å². The lowest BCUT2D eigenvalue weighted by molar-refractivity contribution is -0.133. The number of para-hydroxylation sites is 2. The summed E-state index contributed by atoms with van der Waals surface area (Å²) in [6.45, 7) is 3.45. The van der Waals surface area contributed by atoms with Gasteiger partial charge in [-0.1, -0.05) is 41.9 Å². The molecule has 1 N–H and O–H groups in total. The summed E-state index contributed by atoms with van der Waals surface area (Å²) in [5, 5.41) is 9.69. The van der Waals surface area contributed by atoms with E-state index in [1.54, 1.807) is 51.7 Å². The number of morpholine rings is 1. The van der Waals surface area contributed by atoms with Crippen molar-refractivity contribution in [2.24, 2.45) is 5.10 Å². The van der Waals surface area contributed by atoms with Crippen molar-refractivity contribution < 1.29 is 28.5 Å². The van der Waals surface area contributed by atoms with E-state index < -0.39 is 12.1 Å². The second kappa shape index (κ2) is 15.1. The monoisotopic (exact) mass is 635 g/mol. The molecule has 45 heavy (non-hydrogen) atoms. The van der Waals surface area contributed by atoms with Crippen molar-refractivity contribution in [2.45, 2.75) is 12.5 Å². The maximum absolute atomic E-state index is 14.2. The van der Waals surface area contributed by atoms with Gasteiger partial charge in [-0.15, -0.1) is 0 Å². The third-order valence-electron chi connectivity index (χ3n) is 7.90. The number of carbonyl (C=O) groups excluding carboxylic acids is 2. The normalized spacial score (nSPS) is 16.6. The van der Waals surface area contributed by atoms with E-state index in [4.69, 9.17) is 35.6 Å². The minimum Gasteiger partial charge on any atom is -0.497 e. The molecule has 11 nitrogen and oxygen atoms in total. The summed E-state index contributed by atoms with van der Waals surface area (Å²) < 4.78 is 22.1. The average Bonchev–Trinajstić information content (AvgIpc) is 3.52. The number of rotatable bonds is 11. The Hall–Kier alpha value is -4.32. The SMILES string of the molecule is COc1ccc(OC)c([C@H]2CC(c3ccccc3Cl)=NN2C(=O)CN(CCN2CCOCC2)C(=O)Nc2ccccc2OC)c1. The van der Waals surface area contributed by atoms with Crippen LogP contribution in [0.25, 0.3) is 0 Å². The molecule has 0 aromatic heterocycles. The van der Waals surface area contributed by atoms with Gasteiger partial charge in [0.25, 0.3) is 5.91 Å². The maximum atomic E-state index is 14.2. The zero-order valence-corrected chi connectivity index (χ0v) is 26.5. The number of carbonyl (C=O) groups is 2. The van der Waals surface area contributed by atoms with E-state index in [2.05, 4.69) is 10.2 Å². The first-order valence-electron chi connectivity index (χ1n) is 14.8. The fourth-order valence-electron chi connectivity index (χ4n) is 5.46. The smallest absolute Gasteiger partial charge is 0.322 e. The molecule has 2 heterocycles. The molecule has 0 bridgehead atoms. The third-order valence-corrected chi connectivity index (χ3v) is 8.23. The minimum atomic E-state index is -0.521. The molecule has 238 valence electrons. The van der Waals surface area contributed by atoms with Crippen LogP contribution < -0.4 is 19.5 Å². The molecule has 12 heteroatoms. The second-order valence-corrected chi connectivity index (χ2v) is 11.0. The zero-order chi connectivity index (χ0) is 31.8. The summed E-state index contributed by atoms with van der Waals surface area (Å²) in [6.07, 6.45) is 0.389. The van der Waals surface area contributed by atoms with Crippen molar-refractivity contribution in [1.82, 2.24) is 14.8 Å². The average molecular weight is 636 g/mol. The predicted molar refractivity (Wildman–Crippen MR) is 173 cm³/mol. The van der Waals surface area contributed by atoms with Gasteiger partial charge in [-0.3, -0.25) is 9.69 Å². The Morgan fingerprint density at radius 3 is 2.44 bits per heavy atom. The highest BCUT2D eigenvalue weighted by Gasteiger charge is 2.37. The highest BCUT2D eigenvalue weighted by atomic mass is 35.5. The van der Waals surface area contributed by atoms with Gasteiger partial charge in [0.15, 0.2) is 0 Å². The van der Waals surface area contributed by atoms with E-state index in [0.717, 1.165) is 24.2 Å². The molecule has 2 aliphatic heterocycles. The molecule has 3 amide bonds.